The molecule has 5 nitrogen and oxygen atoms in total. The van der Waals surface area contributed by atoms with Gasteiger partial charge in [0.05, 0.1) is 21.7 Å². The van der Waals surface area contributed by atoms with Crippen LogP contribution in [0.15, 0.2) is 29.1 Å². The molecule has 0 aliphatic heterocycles. The smallest absolute Gasteiger partial charge is 0.254 e. The van der Waals surface area contributed by atoms with Gasteiger partial charge in [0, 0.05) is 0 Å². The number of carbonyl (C=O) groups is 1. The monoisotopic (exact) mass is 285 g/mol. The molecule has 7 heteroatoms. The average molecular weight is 286 g/mol. The van der Waals surface area contributed by atoms with E-state index in [0.717, 1.165) is 0 Å². The zero-order valence-corrected chi connectivity index (χ0v) is 10.9. The summed E-state index contributed by atoms with van der Waals surface area (Å²) in [6.07, 6.45) is 1.19. The summed E-state index contributed by atoms with van der Waals surface area (Å²) >= 11 is 11.9. The molecular formula is C11H9Cl2N3O2. The molecule has 0 fully saturated rings. The van der Waals surface area contributed by atoms with Crippen molar-refractivity contribution in [3.63, 3.8) is 0 Å². The number of halogens is 2. The molecule has 1 aromatic carbocycles. The van der Waals surface area contributed by atoms with Crippen LogP contribution in [0.4, 0.5) is 0 Å². The molecule has 0 saturated heterocycles. The van der Waals surface area contributed by atoms with Crippen LogP contribution in [0.25, 0.3) is 0 Å². The zero-order chi connectivity index (χ0) is 13.1. The Morgan fingerprint density at radius 3 is 2.61 bits per heavy atom. The second-order valence-corrected chi connectivity index (χ2v) is 4.40. The maximum atomic E-state index is 12.0. The van der Waals surface area contributed by atoms with Gasteiger partial charge in [-0.25, -0.2) is 0 Å². The summed E-state index contributed by atoms with van der Waals surface area (Å²) in [5, 5.41) is 6.91. The standard InChI is InChI=1S/C11H9Cl2N3O2/c1-6(10-14-5-18-16-10)15-11(17)9-7(12)3-2-4-8(9)13/h2-6H,1H3,(H,15,17)/t6-/m1/s1. The van der Waals surface area contributed by atoms with Crippen LogP contribution in [0.5, 0.6) is 0 Å². The molecule has 2 rings (SSSR count). The largest absolute Gasteiger partial charge is 0.343 e. The molecule has 18 heavy (non-hydrogen) atoms. The molecule has 0 bridgehead atoms. The van der Waals surface area contributed by atoms with Gasteiger partial charge in [-0.15, -0.1) is 0 Å². The highest BCUT2D eigenvalue weighted by Crippen LogP contribution is 2.24. The SMILES string of the molecule is C[C@@H](NC(=O)c1c(Cl)cccc1Cl)c1ncon1. The number of rotatable bonds is 3. The van der Waals surface area contributed by atoms with E-state index in [9.17, 15) is 4.79 Å². The first kappa shape index (κ1) is 12.9. The number of amides is 1. The van der Waals surface area contributed by atoms with Crippen LogP contribution in [0.2, 0.25) is 10.0 Å². The molecule has 1 aromatic heterocycles. The van der Waals surface area contributed by atoms with E-state index in [4.69, 9.17) is 23.2 Å². The number of nitrogens with one attached hydrogen (secondary N) is 1. The van der Waals surface area contributed by atoms with Crippen molar-refractivity contribution in [2.75, 3.05) is 0 Å². The van der Waals surface area contributed by atoms with Gasteiger partial charge >= 0.3 is 0 Å². The van der Waals surface area contributed by atoms with Gasteiger partial charge in [0.2, 0.25) is 6.39 Å². The van der Waals surface area contributed by atoms with E-state index in [2.05, 4.69) is 20.0 Å². The normalized spacial score (nSPS) is 12.2. The maximum Gasteiger partial charge on any atom is 0.254 e. The van der Waals surface area contributed by atoms with Crippen molar-refractivity contribution in [2.24, 2.45) is 0 Å². The number of benzene rings is 1. The Labute approximate surface area is 113 Å². The van der Waals surface area contributed by atoms with Gasteiger partial charge in [0.25, 0.3) is 5.91 Å². The number of hydrogen-bond donors (Lipinski definition) is 1. The summed E-state index contributed by atoms with van der Waals surface area (Å²) < 4.78 is 4.61. The van der Waals surface area contributed by atoms with Crippen LogP contribution in [0.1, 0.15) is 29.1 Å². The first-order valence-corrected chi connectivity index (χ1v) is 5.86. The van der Waals surface area contributed by atoms with Crippen LogP contribution in [-0.2, 0) is 0 Å². The van der Waals surface area contributed by atoms with Crippen LogP contribution in [0.3, 0.4) is 0 Å². The van der Waals surface area contributed by atoms with E-state index in [1.807, 2.05) is 0 Å². The average Bonchev–Trinajstić information content (AvgIpc) is 2.81. The lowest BCUT2D eigenvalue weighted by molar-refractivity contribution is 0.0938. The van der Waals surface area contributed by atoms with E-state index in [-0.39, 0.29) is 11.5 Å². The van der Waals surface area contributed by atoms with Crippen molar-refractivity contribution in [3.8, 4) is 0 Å². The molecule has 0 saturated carbocycles. The Hall–Kier alpha value is -1.59. The highest BCUT2D eigenvalue weighted by Gasteiger charge is 2.19. The van der Waals surface area contributed by atoms with E-state index in [1.54, 1.807) is 25.1 Å². The first-order chi connectivity index (χ1) is 8.59. The van der Waals surface area contributed by atoms with Gasteiger partial charge in [-0.1, -0.05) is 34.4 Å². The highest BCUT2D eigenvalue weighted by molar-refractivity contribution is 6.39. The van der Waals surface area contributed by atoms with E-state index < -0.39 is 6.04 Å². The van der Waals surface area contributed by atoms with Crippen molar-refractivity contribution in [1.29, 1.82) is 0 Å². The Morgan fingerprint density at radius 2 is 2.06 bits per heavy atom. The second kappa shape index (κ2) is 5.37. The minimum atomic E-state index is -0.399. The van der Waals surface area contributed by atoms with Gasteiger partial charge in [0.1, 0.15) is 0 Å². The summed E-state index contributed by atoms with van der Waals surface area (Å²) in [7, 11) is 0. The first-order valence-electron chi connectivity index (χ1n) is 5.10. The molecule has 1 heterocycles. The molecule has 0 aliphatic carbocycles. The molecule has 0 spiro atoms. The minimum Gasteiger partial charge on any atom is -0.343 e. The molecule has 0 aliphatic rings. The van der Waals surface area contributed by atoms with Crippen LogP contribution in [-0.4, -0.2) is 16.0 Å². The lowest BCUT2D eigenvalue weighted by atomic mass is 10.2. The van der Waals surface area contributed by atoms with Crippen molar-refractivity contribution >= 4 is 29.1 Å². The van der Waals surface area contributed by atoms with Crippen molar-refractivity contribution in [1.82, 2.24) is 15.5 Å². The number of hydrogen-bond acceptors (Lipinski definition) is 4. The molecule has 2 aromatic rings. The lowest BCUT2D eigenvalue weighted by Crippen LogP contribution is -2.27. The quantitative estimate of drug-likeness (QED) is 0.942. The van der Waals surface area contributed by atoms with Crippen LogP contribution in [0, 0.1) is 0 Å². The molecule has 1 N–H and O–H groups in total. The zero-order valence-electron chi connectivity index (χ0n) is 9.35. The van der Waals surface area contributed by atoms with E-state index in [0.29, 0.717) is 15.9 Å². The van der Waals surface area contributed by atoms with Crippen LogP contribution < -0.4 is 5.32 Å². The number of nitrogens with zero attached hydrogens (tertiary/aromatic N) is 2. The summed E-state index contributed by atoms with van der Waals surface area (Å²) in [5.74, 6) is -0.00516. The van der Waals surface area contributed by atoms with Gasteiger partial charge in [-0.05, 0) is 19.1 Å². The van der Waals surface area contributed by atoms with Gasteiger partial charge < -0.3 is 9.84 Å². The van der Waals surface area contributed by atoms with Gasteiger partial charge in [-0.3, -0.25) is 4.79 Å². The predicted molar refractivity (Wildman–Crippen MR) is 66.6 cm³/mol. The fraction of sp³-hybridized carbons (Fsp3) is 0.182. The summed E-state index contributed by atoms with van der Waals surface area (Å²) in [5.41, 5.74) is 0.233. The minimum absolute atomic E-state index is 0.233. The van der Waals surface area contributed by atoms with Crippen LogP contribution >= 0.6 is 23.2 Å². The van der Waals surface area contributed by atoms with Crippen molar-refractivity contribution in [3.05, 3.63) is 46.0 Å². The summed E-state index contributed by atoms with van der Waals surface area (Å²) in [4.78, 5) is 15.9. The second-order valence-electron chi connectivity index (χ2n) is 3.58. The molecular weight excluding hydrogens is 277 g/mol. The third-order valence-electron chi connectivity index (χ3n) is 2.30. The topological polar surface area (TPSA) is 68.0 Å². The Morgan fingerprint density at radius 1 is 1.39 bits per heavy atom. The van der Waals surface area contributed by atoms with Gasteiger partial charge in [0.15, 0.2) is 5.82 Å². The number of aromatic nitrogens is 2. The third kappa shape index (κ3) is 2.63. The Balaban J connectivity index is 2.18. The van der Waals surface area contributed by atoms with Crippen molar-refractivity contribution < 1.29 is 9.32 Å². The molecule has 94 valence electrons. The van der Waals surface area contributed by atoms with E-state index in [1.165, 1.54) is 6.39 Å². The maximum absolute atomic E-state index is 12.0. The number of carbonyl (C=O) groups excluding carboxylic acids is 1. The van der Waals surface area contributed by atoms with E-state index >= 15 is 0 Å². The fourth-order valence-corrected chi connectivity index (χ4v) is 1.99. The fourth-order valence-electron chi connectivity index (χ4n) is 1.42. The highest BCUT2D eigenvalue weighted by atomic mass is 35.5. The predicted octanol–water partition coefficient (Wildman–Crippen LogP) is 2.87. The summed E-state index contributed by atoms with van der Waals surface area (Å²) in [6, 6.07) is 4.47. The molecule has 0 unspecified atom stereocenters. The molecule has 1 atom stereocenters. The molecule has 1 amide bonds. The van der Waals surface area contributed by atoms with Gasteiger partial charge in [-0.2, -0.15) is 4.98 Å². The lowest BCUT2D eigenvalue weighted by Gasteiger charge is -2.11. The molecule has 0 radical (unpaired) electrons. The van der Waals surface area contributed by atoms with Crippen molar-refractivity contribution in [2.45, 2.75) is 13.0 Å². The summed E-state index contributed by atoms with van der Waals surface area (Å²) in [6.45, 7) is 1.73. The third-order valence-corrected chi connectivity index (χ3v) is 2.93. The Bertz CT molecular complexity index is 537. The Kier molecular flexibility index (Phi) is 3.84.